The first-order valence-electron chi connectivity index (χ1n) is 8.52. The predicted octanol–water partition coefficient (Wildman–Crippen LogP) is 4.50. The monoisotopic (exact) mass is 291 g/mol. The molecule has 0 amide bonds. The molecule has 1 saturated heterocycles. The minimum atomic E-state index is 0.520. The number of fused-ring (bicyclic) bond motifs is 3. The molecule has 1 heterocycles. The molecule has 2 aliphatic rings. The van der Waals surface area contributed by atoms with E-state index in [-0.39, 0.29) is 0 Å². The summed E-state index contributed by atoms with van der Waals surface area (Å²) in [5.74, 6) is 2.61. The van der Waals surface area contributed by atoms with E-state index in [1.54, 1.807) is 11.1 Å². The van der Waals surface area contributed by atoms with Crippen LogP contribution in [0.1, 0.15) is 42.4 Å². The normalized spacial score (nSPS) is 34.2. The van der Waals surface area contributed by atoms with Gasteiger partial charge in [0.1, 0.15) is 0 Å². The predicted molar refractivity (Wildman–Crippen MR) is 92.2 cm³/mol. The van der Waals surface area contributed by atoms with E-state index < -0.39 is 0 Å². The third-order valence-electron chi connectivity index (χ3n) is 5.98. The number of hydrogen-bond acceptors (Lipinski definition) is 1. The van der Waals surface area contributed by atoms with Crippen LogP contribution in [0.25, 0.3) is 0 Å². The zero-order valence-corrected chi connectivity index (χ0v) is 13.7. The maximum Gasteiger partial charge on any atom is 0.0199 e. The molecule has 0 spiro atoms. The van der Waals surface area contributed by atoms with Crippen LogP contribution in [0.3, 0.4) is 0 Å². The molecule has 1 aliphatic carbocycles. The molecule has 5 unspecified atom stereocenters. The highest BCUT2D eigenvalue weighted by Crippen LogP contribution is 2.52. The fraction of sp³-hybridized carbons (Fsp3) is 0.429. The minimum Gasteiger partial charge on any atom is -0.302 e. The molecule has 1 heteroatoms. The van der Waals surface area contributed by atoms with E-state index in [9.17, 15) is 0 Å². The van der Waals surface area contributed by atoms with Gasteiger partial charge in [-0.2, -0.15) is 0 Å². The van der Waals surface area contributed by atoms with Gasteiger partial charge in [-0.15, -0.1) is 0 Å². The lowest BCUT2D eigenvalue weighted by Gasteiger charge is -2.43. The molecule has 1 aliphatic heterocycles. The van der Waals surface area contributed by atoms with Crippen molar-refractivity contribution in [2.45, 2.75) is 31.7 Å². The van der Waals surface area contributed by atoms with Crippen molar-refractivity contribution in [2.24, 2.45) is 11.8 Å². The lowest BCUT2D eigenvalue weighted by atomic mass is 9.64. The Balaban J connectivity index is 1.90. The number of likely N-dealkylation sites (tertiary alicyclic amines) is 1. The summed E-state index contributed by atoms with van der Waals surface area (Å²) in [7, 11) is 2.31. The van der Waals surface area contributed by atoms with Crippen molar-refractivity contribution in [2.75, 3.05) is 13.6 Å². The van der Waals surface area contributed by atoms with Crippen LogP contribution >= 0.6 is 0 Å². The van der Waals surface area contributed by atoms with Gasteiger partial charge in [-0.3, -0.25) is 0 Å². The SMILES string of the molecule is CC1CN(C)C2C(C)C(c3ccccc3)c3ccccc3C12. The van der Waals surface area contributed by atoms with E-state index in [1.165, 1.54) is 12.1 Å². The van der Waals surface area contributed by atoms with Gasteiger partial charge in [-0.05, 0) is 35.6 Å². The van der Waals surface area contributed by atoms with Gasteiger partial charge in [0.15, 0.2) is 0 Å². The summed E-state index contributed by atoms with van der Waals surface area (Å²) in [5, 5.41) is 0. The molecular weight excluding hydrogens is 266 g/mol. The van der Waals surface area contributed by atoms with E-state index in [1.807, 2.05) is 0 Å². The largest absolute Gasteiger partial charge is 0.302 e. The van der Waals surface area contributed by atoms with Gasteiger partial charge >= 0.3 is 0 Å². The quantitative estimate of drug-likeness (QED) is 0.747. The van der Waals surface area contributed by atoms with E-state index in [0.29, 0.717) is 23.8 Å². The molecule has 114 valence electrons. The van der Waals surface area contributed by atoms with E-state index >= 15 is 0 Å². The zero-order valence-electron chi connectivity index (χ0n) is 13.7. The molecule has 4 rings (SSSR count). The van der Waals surface area contributed by atoms with Crippen molar-refractivity contribution in [3.63, 3.8) is 0 Å². The second-order valence-corrected chi connectivity index (χ2v) is 7.31. The molecule has 0 radical (unpaired) electrons. The van der Waals surface area contributed by atoms with Crippen molar-refractivity contribution in [1.29, 1.82) is 0 Å². The van der Waals surface area contributed by atoms with Crippen LogP contribution in [0, 0.1) is 11.8 Å². The van der Waals surface area contributed by atoms with Crippen LogP contribution in [0.15, 0.2) is 54.6 Å². The van der Waals surface area contributed by atoms with Crippen LogP contribution < -0.4 is 0 Å². The topological polar surface area (TPSA) is 3.24 Å². The molecule has 5 atom stereocenters. The average Bonchev–Trinajstić information content (AvgIpc) is 2.84. The first-order valence-corrected chi connectivity index (χ1v) is 8.52. The average molecular weight is 291 g/mol. The summed E-state index contributed by atoms with van der Waals surface area (Å²) in [5.41, 5.74) is 4.62. The molecule has 2 aromatic rings. The standard InChI is InChI=1S/C21H25N/c1-14-13-22(3)21-15(2)20(16-9-5-4-6-10-16)18-12-8-7-11-17(18)19(14)21/h4-12,14-15,19-21H,13H2,1-3H3. The van der Waals surface area contributed by atoms with Crippen LogP contribution in [-0.2, 0) is 0 Å². The lowest BCUT2D eigenvalue weighted by Crippen LogP contribution is -2.41. The molecule has 0 bridgehead atoms. The van der Waals surface area contributed by atoms with Gasteiger partial charge in [0, 0.05) is 24.4 Å². The Labute approximate surface area is 134 Å². The minimum absolute atomic E-state index is 0.520. The van der Waals surface area contributed by atoms with E-state index in [2.05, 4.69) is 80.4 Å². The van der Waals surface area contributed by atoms with E-state index in [0.717, 1.165) is 5.92 Å². The Hall–Kier alpha value is -1.60. The highest BCUT2D eigenvalue weighted by molar-refractivity contribution is 5.45. The summed E-state index contributed by atoms with van der Waals surface area (Å²) >= 11 is 0. The van der Waals surface area contributed by atoms with Crippen molar-refractivity contribution in [3.8, 4) is 0 Å². The summed E-state index contributed by atoms with van der Waals surface area (Å²) in [6.45, 7) is 6.10. The van der Waals surface area contributed by atoms with Crippen molar-refractivity contribution >= 4 is 0 Å². The first kappa shape index (κ1) is 14.0. The highest BCUT2D eigenvalue weighted by Gasteiger charge is 2.48. The third-order valence-corrected chi connectivity index (χ3v) is 5.98. The molecular formula is C21H25N. The number of rotatable bonds is 1. The summed E-state index contributed by atoms with van der Waals surface area (Å²) in [6.07, 6.45) is 0. The lowest BCUT2D eigenvalue weighted by molar-refractivity contribution is 0.198. The van der Waals surface area contributed by atoms with Crippen LogP contribution in [-0.4, -0.2) is 24.5 Å². The third kappa shape index (κ3) is 1.95. The Kier molecular flexibility index (Phi) is 3.34. The first-order chi connectivity index (χ1) is 10.7. The van der Waals surface area contributed by atoms with Gasteiger partial charge in [0.2, 0.25) is 0 Å². The zero-order chi connectivity index (χ0) is 15.3. The van der Waals surface area contributed by atoms with Gasteiger partial charge in [-0.1, -0.05) is 68.4 Å². The van der Waals surface area contributed by atoms with E-state index in [4.69, 9.17) is 0 Å². The Morgan fingerprint density at radius 2 is 1.50 bits per heavy atom. The van der Waals surface area contributed by atoms with Crippen molar-refractivity contribution in [1.82, 2.24) is 4.90 Å². The Morgan fingerprint density at radius 1 is 0.864 bits per heavy atom. The fourth-order valence-corrected chi connectivity index (χ4v) is 5.24. The van der Waals surface area contributed by atoms with Crippen LogP contribution in [0.4, 0.5) is 0 Å². The molecule has 0 N–H and O–H groups in total. The number of hydrogen-bond donors (Lipinski definition) is 0. The molecule has 1 fully saturated rings. The maximum absolute atomic E-state index is 2.60. The Morgan fingerprint density at radius 3 is 2.23 bits per heavy atom. The van der Waals surface area contributed by atoms with Crippen molar-refractivity contribution in [3.05, 3.63) is 71.3 Å². The van der Waals surface area contributed by atoms with Gasteiger partial charge in [-0.25, -0.2) is 0 Å². The second kappa shape index (κ2) is 5.24. The molecule has 1 nitrogen and oxygen atoms in total. The molecule has 0 saturated carbocycles. The Bertz CT molecular complexity index is 663. The number of nitrogens with zero attached hydrogens (tertiary/aromatic N) is 1. The summed E-state index contributed by atoms with van der Waals surface area (Å²) < 4.78 is 0. The van der Waals surface area contributed by atoms with Gasteiger partial charge in [0.05, 0.1) is 0 Å². The number of likely N-dealkylation sites (N-methyl/N-ethyl adjacent to an activating group) is 1. The van der Waals surface area contributed by atoms with Gasteiger partial charge in [0.25, 0.3) is 0 Å². The smallest absolute Gasteiger partial charge is 0.0199 e. The number of benzene rings is 2. The van der Waals surface area contributed by atoms with Crippen LogP contribution in [0.2, 0.25) is 0 Å². The summed E-state index contributed by atoms with van der Waals surface area (Å²) in [6, 6.07) is 20.9. The molecule has 2 aromatic carbocycles. The van der Waals surface area contributed by atoms with Crippen molar-refractivity contribution < 1.29 is 0 Å². The maximum atomic E-state index is 2.60. The fourth-order valence-electron chi connectivity index (χ4n) is 5.24. The molecule has 22 heavy (non-hydrogen) atoms. The summed E-state index contributed by atoms with van der Waals surface area (Å²) in [4.78, 5) is 2.60. The second-order valence-electron chi connectivity index (χ2n) is 7.31. The molecule has 0 aromatic heterocycles. The highest BCUT2D eigenvalue weighted by atomic mass is 15.2. The van der Waals surface area contributed by atoms with Crippen LogP contribution in [0.5, 0.6) is 0 Å². The van der Waals surface area contributed by atoms with Gasteiger partial charge < -0.3 is 4.90 Å².